The Morgan fingerprint density at radius 1 is 1.20 bits per heavy atom. The number of piperidine rings is 1. The predicted molar refractivity (Wildman–Crippen MR) is 119 cm³/mol. The number of rotatable bonds is 5. The topological polar surface area (TPSA) is 74.9 Å². The molecule has 0 aromatic carbocycles. The average Bonchev–Trinajstić information content (AvgIpc) is 3.03. The van der Waals surface area contributed by atoms with Crippen molar-refractivity contribution in [1.29, 1.82) is 0 Å². The van der Waals surface area contributed by atoms with Gasteiger partial charge in [0.05, 0.1) is 5.39 Å². The van der Waals surface area contributed by atoms with Crippen LogP contribution in [0.15, 0.2) is 4.79 Å². The van der Waals surface area contributed by atoms with Gasteiger partial charge in [0.15, 0.2) is 12.4 Å². The van der Waals surface area contributed by atoms with Gasteiger partial charge in [-0.3, -0.25) is 9.59 Å². The minimum atomic E-state index is -0.0156. The molecule has 4 heterocycles. The summed E-state index contributed by atoms with van der Waals surface area (Å²) in [6.45, 7) is 12.5. The zero-order valence-corrected chi connectivity index (χ0v) is 19.3. The lowest BCUT2D eigenvalue weighted by Crippen LogP contribution is -3.28. The summed E-state index contributed by atoms with van der Waals surface area (Å²) in [5, 5.41) is 0.743. The van der Waals surface area contributed by atoms with Crippen molar-refractivity contribution >= 4 is 27.5 Å². The number of aryl methyl sites for hydroxylation is 2. The molecule has 30 heavy (non-hydrogen) atoms. The first-order valence-corrected chi connectivity index (χ1v) is 12.2. The van der Waals surface area contributed by atoms with E-state index >= 15 is 0 Å². The molecule has 1 amide bonds. The van der Waals surface area contributed by atoms with Gasteiger partial charge in [0.2, 0.25) is 0 Å². The Morgan fingerprint density at radius 2 is 1.93 bits per heavy atom. The van der Waals surface area contributed by atoms with Gasteiger partial charge < -0.3 is 19.7 Å². The average molecular weight is 434 g/mol. The van der Waals surface area contributed by atoms with E-state index in [2.05, 4.69) is 16.8 Å². The molecule has 2 fully saturated rings. The number of quaternary nitrogens is 2. The molecule has 4 rings (SSSR count). The second kappa shape index (κ2) is 9.16. The highest BCUT2D eigenvalue weighted by Crippen LogP contribution is 2.25. The fraction of sp³-hybridized carbons (Fsp3) is 0.682. The summed E-state index contributed by atoms with van der Waals surface area (Å²) in [7, 11) is 0. The van der Waals surface area contributed by atoms with Crippen molar-refractivity contribution < 1.29 is 14.6 Å². The molecule has 2 saturated heterocycles. The molecule has 2 aromatic heterocycles. The zero-order valence-electron chi connectivity index (χ0n) is 18.5. The number of hydrogen-bond acceptors (Lipinski definition) is 4. The number of thiophene rings is 1. The Labute approximate surface area is 182 Å². The zero-order chi connectivity index (χ0) is 21.3. The van der Waals surface area contributed by atoms with Gasteiger partial charge in [-0.2, -0.15) is 0 Å². The molecule has 0 saturated carbocycles. The summed E-state index contributed by atoms with van der Waals surface area (Å²) in [4.78, 5) is 40.1. The number of aromatic amines is 1. The normalized spacial score (nSPS) is 25.0. The molecule has 1 atom stereocenters. The summed E-state index contributed by atoms with van der Waals surface area (Å²) in [6.07, 6.45) is 4.63. The van der Waals surface area contributed by atoms with Crippen molar-refractivity contribution in [3.63, 3.8) is 0 Å². The maximum atomic E-state index is 12.8. The van der Waals surface area contributed by atoms with Crippen LogP contribution in [0.5, 0.6) is 0 Å². The van der Waals surface area contributed by atoms with Crippen LogP contribution in [0.2, 0.25) is 0 Å². The van der Waals surface area contributed by atoms with E-state index < -0.39 is 0 Å². The number of carbonyl (C=O) groups excluding carboxylic acids is 1. The number of fused-ring (bicyclic) bond motifs is 1. The highest BCUT2D eigenvalue weighted by Gasteiger charge is 2.31. The summed E-state index contributed by atoms with van der Waals surface area (Å²) < 4.78 is 0. The minimum absolute atomic E-state index is 0.0156. The molecule has 2 aliphatic rings. The lowest BCUT2D eigenvalue weighted by molar-refractivity contribution is -1.02. The van der Waals surface area contributed by atoms with Crippen LogP contribution in [0.1, 0.15) is 48.9 Å². The lowest BCUT2D eigenvalue weighted by atomic mass is 10.00. The molecule has 7 nitrogen and oxygen atoms in total. The standard InChI is InChI=1S/C22H33N5O2S/c1-4-17-7-5-6-8-27(17)19(28)14-26-11-9-25(10-12-26)13-18-23-21(29)20-15(2)16(3)30-22(20)24-18/h17H,4-14H2,1-3H3,(H,23,24,29)/p+2/t17-/m1/s1. The van der Waals surface area contributed by atoms with Crippen LogP contribution >= 0.6 is 11.3 Å². The van der Waals surface area contributed by atoms with Crippen LogP contribution in [0.3, 0.4) is 0 Å². The predicted octanol–water partition coefficient (Wildman–Crippen LogP) is -0.324. The maximum Gasteiger partial charge on any atom is 0.278 e. The van der Waals surface area contributed by atoms with Crippen molar-refractivity contribution in [2.45, 2.75) is 59.0 Å². The highest BCUT2D eigenvalue weighted by atomic mass is 32.1. The van der Waals surface area contributed by atoms with Crippen LogP contribution in [0.25, 0.3) is 10.2 Å². The number of amides is 1. The van der Waals surface area contributed by atoms with E-state index in [9.17, 15) is 9.59 Å². The molecule has 164 valence electrons. The van der Waals surface area contributed by atoms with E-state index in [0.717, 1.165) is 85.0 Å². The maximum absolute atomic E-state index is 12.8. The van der Waals surface area contributed by atoms with E-state index in [1.165, 1.54) is 16.2 Å². The minimum Gasteiger partial charge on any atom is -0.335 e. The Balaban J connectivity index is 1.32. The van der Waals surface area contributed by atoms with Crippen LogP contribution in [-0.4, -0.2) is 66.1 Å². The Bertz CT molecular complexity index is 960. The fourth-order valence-corrected chi connectivity index (χ4v) is 6.05. The van der Waals surface area contributed by atoms with Gasteiger partial charge in [0, 0.05) is 17.5 Å². The quantitative estimate of drug-likeness (QED) is 0.605. The smallest absolute Gasteiger partial charge is 0.278 e. The summed E-state index contributed by atoms with van der Waals surface area (Å²) in [6, 6.07) is 0.444. The summed E-state index contributed by atoms with van der Waals surface area (Å²) in [5.74, 6) is 1.11. The number of carbonyl (C=O) groups is 1. The SMILES string of the molecule is CC[C@@H]1CCCCN1C(=O)C[NH+]1CC[NH+](Cc2nc3sc(C)c(C)c3c(=O)[nH]2)CC1. The van der Waals surface area contributed by atoms with Gasteiger partial charge in [-0.15, -0.1) is 11.3 Å². The van der Waals surface area contributed by atoms with Crippen LogP contribution in [0.4, 0.5) is 0 Å². The van der Waals surface area contributed by atoms with Gasteiger partial charge in [0.1, 0.15) is 37.6 Å². The number of likely N-dealkylation sites (tertiary alicyclic amines) is 1. The van der Waals surface area contributed by atoms with Gasteiger partial charge in [0.25, 0.3) is 11.5 Å². The molecule has 0 spiro atoms. The summed E-state index contributed by atoms with van der Waals surface area (Å²) in [5.41, 5.74) is 1.03. The lowest BCUT2D eigenvalue weighted by Gasteiger charge is -2.36. The number of aromatic nitrogens is 2. The van der Waals surface area contributed by atoms with E-state index in [1.807, 2.05) is 13.8 Å². The first kappa shape index (κ1) is 21.5. The molecular weight excluding hydrogens is 398 g/mol. The third-order valence-corrected chi connectivity index (χ3v) is 8.09. The van der Waals surface area contributed by atoms with Crippen molar-refractivity contribution in [3.05, 3.63) is 26.6 Å². The number of nitrogens with zero attached hydrogens (tertiary/aromatic N) is 2. The van der Waals surface area contributed by atoms with E-state index in [1.54, 1.807) is 11.3 Å². The number of H-pyrrole nitrogens is 1. The molecule has 3 N–H and O–H groups in total. The number of hydrogen-bond donors (Lipinski definition) is 3. The van der Waals surface area contributed by atoms with E-state index in [-0.39, 0.29) is 5.56 Å². The van der Waals surface area contributed by atoms with Gasteiger partial charge in [-0.25, -0.2) is 4.98 Å². The molecule has 0 aliphatic carbocycles. The van der Waals surface area contributed by atoms with Crippen molar-refractivity contribution in [2.75, 3.05) is 39.3 Å². The molecular formula is C22H35N5O2S+2. The van der Waals surface area contributed by atoms with Crippen LogP contribution in [0, 0.1) is 13.8 Å². The molecule has 2 aromatic rings. The molecule has 0 unspecified atom stereocenters. The molecule has 0 radical (unpaired) electrons. The Hall–Kier alpha value is -1.77. The monoisotopic (exact) mass is 433 g/mol. The highest BCUT2D eigenvalue weighted by molar-refractivity contribution is 7.18. The number of piperazine rings is 1. The second-order valence-electron chi connectivity index (χ2n) is 8.97. The van der Waals surface area contributed by atoms with Crippen molar-refractivity contribution in [1.82, 2.24) is 14.9 Å². The Kier molecular flexibility index (Phi) is 6.55. The van der Waals surface area contributed by atoms with Crippen LogP contribution < -0.4 is 15.4 Å². The van der Waals surface area contributed by atoms with Gasteiger partial charge >= 0.3 is 0 Å². The first-order chi connectivity index (χ1) is 14.5. The Morgan fingerprint density at radius 3 is 2.67 bits per heavy atom. The number of nitrogens with one attached hydrogen (secondary N) is 3. The largest absolute Gasteiger partial charge is 0.335 e. The summed E-state index contributed by atoms with van der Waals surface area (Å²) >= 11 is 1.61. The second-order valence-corrected chi connectivity index (χ2v) is 10.2. The molecule has 0 bridgehead atoms. The molecule has 2 aliphatic heterocycles. The first-order valence-electron chi connectivity index (χ1n) is 11.4. The van der Waals surface area contributed by atoms with Gasteiger partial charge in [-0.1, -0.05) is 6.92 Å². The third kappa shape index (κ3) is 4.45. The van der Waals surface area contributed by atoms with Gasteiger partial charge in [-0.05, 0) is 45.1 Å². The van der Waals surface area contributed by atoms with E-state index in [0.29, 0.717) is 18.5 Å². The van der Waals surface area contributed by atoms with Crippen molar-refractivity contribution in [2.24, 2.45) is 0 Å². The van der Waals surface area contributed by atoms with Crippen LogP contribution in [-0.2, 0) is 11.3 Å². The fourth-order valence-electron chi connectivity index (χ4n) is 5.00. The van der Waals surface area contributed by atoms with E-state index in [4.69, 9.17) is 4.98 Å². The third-order valence-electron chi connectivity index (χ3n) is 6.99. The molecule has 8 heteroatoms. The van der Waals surface area contributed by atoms with Crippen molar-refractivity contribution in [3.8, 4) is 0 Å².